The molecule has 0 radical (unpaired) electrons. The summed E-state index contributed by atoms with van der Waals surface area (Å²) in [6.07, 6.45) is 2.22. The molecule has 5 heteroatoms. The molecule has 1 aliphatic heterocycles. The van der Waals surface area contributed by atoms with Gasteiger partial charge in [0.2, 0.25) is 5.91 Å². The summed E-state index contributed by atoms with van der Waals surface area (Å²) in [7, 11) is 0. The Labute approximate surface area is 112 Å². The van der Waals surface area contributed by atoms with Crippen molar-refractivity contribution in [2.45, 2.75) is 31.9 Å². The molecule has 2 heterocycles. The summed E-state index contributed by atoms with van der Waals surface area (Å²) in [5.41, 5.74) is 1.15. The van der Waals surface area contributed by atoms with Crippen molar-refractivity contribution in [3.8, 4) is 0 Å². The summed E-state index contributed by atoms with van der Waals surface area (Å²) in [6, 6.07) is 2.09. The fourth-order valence-corrected chi connectivity index (χ4v) is 2.80. The first-order valence-corrected chi connectivity index (χ1v) is 7.34. The number of hydrogen-bond acceptors (Lipinski definition) is 4. The van der Waals surface area contributed by atoms with Crippen LogP contribution in [0.25, 0.3) is 0 Å². The standard InChI is InChI=1S/C13H20N2O2S/c1-10(11-4-7-18-9-11)15-13(16)8-17-12-2-5-14-6-3-12/h4,7,9-10,12,14H,2-3,5-6,8H2,1H3,(H,15,16). The van der Waals surface area contributed by atoms with E-state index in [9.17, 15) is 4.79 Å². The molecule has 1 unspecified atom stereocenters. The third-order valence-electron chi connectivity index (χ3n) is 3.16. The summed E-state index contributed by atoms with van der Waals surface area (Å²) < 4.78 is 5.61. The zero-order chi connectivity index (χ0) is 12.8. The molecule has 1 aromatic heterocycles. The van der Waals surface area contributed by atoms with Gasteiger partial charge in [-0.3, -0.25) is 4.79 Å². The quantitative estimate of drug-likeness (QED) is 0.854. The molecule has 1 aliphatic rings. The molecule has 2 N–H and O–H groups in total. The van der Waals surface area contributed by atoms with Crippen LogP contribution in [0, 0.1) is 0 Å². The van der Waals surface area contributed by atoms with Crippen LogP contribution in [0.2, 0.25) is 0 Å². The monoisotopic (exact) mass is 268 g/mol. The van der Waals surface area contributed by atoms with Gasteiger partial charge in [-0.15, -0.1) is 0 Å². The van der Waals surface area contributed by atoms with Gasteiger partial charge in [0.05, 0.1) is 12.1 Å². The smallest absolute Gasteiger partial charge is 0.246 e. The van der Waals surface area contributed by atoms with E-state index in [1.807, 2.05) is 18.4 Å². The van der Waals surface area contributed by atoms with E-state index < -0.39 is 0 Å². The van der Waals surface area contributed by atoms with E-state index in [2.05, 4.69) is 16.0 Å². The number of rotatable bonds is 5. The van der Waals surface area contributed by atoms with Gasteiger partial charge in [-0.1, -0.05) is 0 Å². The highest BCUT2D eigenvalue weighted by molar-refractivity contribution is 7.07. The second kappa shape index (κ2) is 6.87. The van der Waals surface area contributed by atoms with E-state index in [0.717, 1.165) is 31.5 Å². The largest absolute Gasteiger partial charge is 0.368 e. The maximum absolute atomic E-state index is 11.7. The Kier molecular flexibility index (Phi) is 5.16. The first kappa shape index (κ1) is 13.5. The number of hydrogen-bond donors (Lipinski definition) is 2. The molecule has 1 amide bonds. The van der Waals surface area contributed by atoms with E-state index in [1.54, 1.807) is 11.3 Å². The van der Waals surface area contributed by atoms with Crippen LogP contribution in [0.4, 0.5) is 0 Å². The van der Waals surface area contributed by atoms with Crippen molar-refractivity contribution in [2.24, 2.45) is 0 Å². The number of carbonyl (C=O) groups is 1. The molecule has 4 nitrogen and oxygen atoms in total. The summed E-state index contributed by atoms with van der Waals surface area (Å²) in [4.78, 5) is 11.7. The molecule has 0 bridgehead atoms. The molecule has 1 fully saturated rings. The van der Waals surface area contributed by atoms with E-state index in [1.165, 1.54) is 0 Å². The van der Waals surface area contributed by atoms with Crippen molar-refractivity contribution in [3.63, 3.8) is 0 Å². The minimum absolute atomic E-state index is 0.0350. The predicted octanol–water partition coefficient (Wildman–Crippen LogP) is 1.69. The Morgan fingerprint density at radius 1 is 1.61 bits per heavy atom. The van der Waals surface area contributed by atoms with Crippen molar-refractivity contribution in [2.75, 3.05) is 19.7 Å². The van der Waals surface area contributed by atoms with Gasteiger partial charge in [-0.05, 0) is 55.2 Å². The van der Waals surface area contributed by atoms with Crippen LogP contribution in [-0.4, -0.2) is 31.7 Å². The minimum atomic E-state index is -0.0350. The van der Waals surface area contributed by atoms with Crippen LogP contribution in [0.15, 0.2) is 16.8 Å². The van der Waals surface area contributed by atoms with Gasteiger partial charge >= 0.3 is 0 Å². The lowest BCUT2D eigenvalue weighted by Crippen LogP contribution is -2.36. The van der Waals surface area contributed by atoms with E-state index >= 15 is 0 Å². The SMILES string of the molecule is CC(NC(=O)COC1CCNCC1)c1ccsc1. The van der Waals surface area contributed by atoms with E-state index in [0.29, 0.717) is 0 Å². The number of amides is 1. The fourth-order valence-electron chi connectivity index (χ4n) is 2.04. The zero-order valence-corrected chi connectivity index (χ0v) is 11.5. The third kappa shape index (κ3) is 4.08. The maximum Gasteiger partial charge on any atom is 0.246 e. The van der Waals surface area contributed by atoms with Gasteiger partial charge in [0.25, 0.3) is 0 Å². The number of nitrogens with one attached hydrogen (secondary N) is 2. The summed E-state index contributed by atoms with van der Waals surface area (Å²) in [6.45, 7) is 4.12. The number of piperidine rings is 1. The Hall–Kier alpha value is -0.910. The molecule has 0 spiro atoms. The highest BCUT2D eigenvalue weighted by atomic mass is 32.1. The molecule has 2 rings (SSSR count). The van der Waals surface area contributed by atoms with Crippen molar-refractivity contribution in [1.29, 1.82) is 0 Å². The predicted molar refractivity (Wildman–Crippen MR) is 72.7 cm³/mol. The topological polar surface area (TPSA) is 50.4 Å². The van der Waals surface area contributed by atoms with Gasteiger partial charge in [0, 0.05) is 0 Å². The van der Waals surface area contributed by atoms with Gasteiger partial charge in [0.1, 0.15) is 6.61 Å². The average molecular weight is 268 g/mol. The van der Waals surface area contributed by atoms with Crippen LogP contribution in [-0.2, 0) is 9.53 Å². The Morgan fingerprint density at radius 2 is 2.39 bits per heavy atom. The zero-order valence-electron chi connectivity index (χ0n) is 10.6. The van der Waals surface area contributed by atoms with Crippen LogP contribution in [0.1, 0.15) is 31.4 Å². The van der Waals surface area contributed by atoms with Crippen LogP contribution >= 0.6 is 11.3 Å². The maximum atomic E-state index is 11.7. The average Bonchev–Trinajstić information content (AvgIpc) is 2.91. The van der Waals surface area contributed by atoms with Gasteiger partial charge in [0.15, 0.2) is 0 Å². The number of carbonyl (C=O) groups excluding carboxylic acids is 1. The summed E-state index contributed by atoms with van der Waals surface area (Å²) in [5, 5.41) is 10.3. The molecule has 0 saturated carbocycles. The first-order chi connectivity index (χ1) is 8.75. The fraction of sp³-hybridized carbons (Fsp3) is 0.615. The molecule has 1 atom stereocenters. The lowest BCUT2D eigenvalue weighted by Gasteiger charge is -2.23. The second-order valence-corrected chi connectivity index (χ2v) is 5.39. The highest BCUT2D eigenvalue weighted by Gasteiger charge is 2.16. The molecule has 0 aliphatic carbocycles. The van der Waals surface area contributed by atoms with Crippen molar-refractivity contribution < 1.29 is 9.53 Å². The van der Waals surface area contributed by atoms with Crippen molar-refractivity contribution in [1.82, 2.24) is 10.6 Å². The number of thiophene rings is 1. The normalized spacial score (nSPS) is 18.5. The van der Waals surface area contributed by atoms with Gasteiger partial charge in [-0.2, -0.15) is 11.3 Å². The Balaban J connectivity index is 1.68. The van der Waals surface area contributed by atoms with E-state index in [4.69, 9.17) is 4.74 Å². The Morgan fingerprint density at radius 3 is 3.06 bits per heavy atom. The lowest BCUT2D eigenvalue weighted by atomic mass is 10.1. The van der Waals surface area contributed by atoms with Gasteiger partial charge < -0.3 is 15.4 Å². The molecular formula is C13H20N2O2S. The van der Waals surface area contributed by atoms with Gasteiger partial charge in [-0.25, -0.2) is 0 Å². The molecule has 1 saturated heterocycles. The summed E-state index contributed by atoms with van der Waals surface area (Å²) >= 11 is 1.64. The Bertz CT molecular complexity index is 361. The van der Waals surface area contributed by atoms with Crippen molar-refractivity contribution in [3.05, 3.63) is 22.4 Å². The van der Waals surface area contributed by atoms with E-state index in [-0.39, 0.29) is 24.7 Å². The number of ether oxygens (including phenoxy) is 1. The third-order valence-corrected chi connectivity index (χ3v) is 3.86. The second-order valence-electron chi connectivity index (χ2n) is 4.61. The lowest BCUT2D eigenvalue weighted by molar-refractivity contribution is -0.128. The molecule has 100 valence electrons. The first-order valence-electron chi connectivity index (χ1n) is 6.39. The molecule has 1 aromatic rings. The van der Waals surface area contributed by atoms with Crippen LogP contribution in [0.3, 0.4) is 0 Å². The van der Waals surface area contributed by atoms with Crippen LogP contribution < -0.4 is 10.6 Å². The summed E-state index contributed by atoms with van der Waals surface area (Å²) in [5.74, 6) is -0.0350. The molecule has 0 aromatic carbocycles. The minimum Gasteiger partial charge on any atom is -0.368 e. The van der Waals surface area contributed by atoms with Crippen molar-refractivity contribution >= 4 is 17.2 Å². The molecular weight excluding hydrogens is 248 g/mol. The highest BCUT2D eigenvalue weighted by Crippen LogP contribution is 2.15. The molecule has 18 heavy (non-hydrogen) atoms. The van der Waals surface area contributed by atoms with Crippen LogP contribution in [0.5, 0.6) is 0 Å².